The zero-order valence-electron chi connectivity index (χ0n) is 15.3. The van der Waals surface area contributed by atoms with Crippen LogP contribution >= 0.6 is 0 Å². The summed E-state index contributed by atoms with van der Waals surface area (Å²) in [5.74, 6) is -0.215. The number of amides is 1. The Labute approximate surface area is 150 Å². The van der Waals surface area contributed by atoms with Crippen LogP contribution in [0.4, 0.5) is 0 Å². The molecule has 1 aliphatic rings. The van der Waals surface area contributed by atoms with E-state index in [4.69, 9.17) is 5.73 Å². The fraction of sp³-hybridized carbons (Fsp3) is 0.611. The van der Waals surface area contributed by atoms with Crippen LogP contribution in [0.3, 0.4) is 0 Å². The Kier molecular flexibility index (Phi) is 6.24. The zero-order chi connectivity index (χ0) is 18.7. The van der Waals surface area contributed by atoms with Crippen LogP contribution in [-0.2, 0) is 21.2 Å². The molecule has 25 heavy (non-hydrogen) atoms. The summed E-state index contributed by atoms with van der Waals surface area (Å²) >= 11 is 0. The highest BCUT2D eigenvalue weighted by atomic mass is 32.2. The van der Waals surface area contributed by atoms with E-state index in [1.54, 1.807) is 4.90 Å². The monoisotopic (exact) mass is 367 g/mol. The number of piperazine rings is 1. The summed E-state index contributed by atoms with van der Waals surface area (Å²) in [6, 6.07) is 9.52. The van der Waals surface area contributed by atoms with E-state index >= 15 is 0 Å². The van der Waals surface area contributed by atoms with Crippen LogP contribution in [0, 0.1) is 0 Å². The molecule has 1 amide bonds. The minimum Gasteiger partial charge on any atom is -0.338 e. The van der Waals surface area contributed by atoms with Gasteiger partial charge in [-0.15, -0.1) is 0 Å². The highest BCUT2D eigenvalue weighted by molar-refractivity contribution is 7.90. The molecule has 1 atom stereocenters. The normalized spacial score (nSPS) is 19.6. The quantitative estimate of drug-likeness (QED) is 0.807. The maximum absolute atomic E-state index is 12.6. The van der Waals surface area contributed by atoms with E-state index in [2.05, 4.69) is 30.9 Å². The minimum absolute atomic E-state index is 0.0583. The van der Waals surface area contributed by atoms with Gasteiger partial charge in [0.05, 0.1) is 11.8 Å². The van der Waals surface area contributed by atoms with Crippen LogP contribution in [0.15, 0.2) is 30.3 Å². The fourth-order valence-corrected chi connectivity index (χ4v) is 3.86. The molecule has 0 aliphatic carbocycles. The Morgan fingerprint density at radius 2 is 1.88 bits per heavy atom. The molecule has 1 heterocycles. The van der Waals surface area contributed by atoms with Crippen LogP contribution in [0.25, 0.3) is 0 Å². The number of carbonyl (C=O) groups is 1. The molecule has 0 radical (unpaired) electrons. The van der Waals surface area contributed by atoms with Gasteiger partial charge in [-0.05, 0) is 25.8 Å². The van der Waals surface area contributed by atoms with E-state index < -0.39 is 15.9 Å². The lowest BCUT2D eigenvalue weighted by atomic mass is 9.97. The van der Waals surface area contributed by atoms with Gasteiger partial charge < -0.3 is 10.6 Å². The smallest absolute Gasteiger partial charge is 0.239 e. The van der Waals surface area contributed by atoms with Crippen LogP contribution in [0.1, 0.15) is 25.8 Å². The van der Waals surface area contributed by atoms with E-state index in [0.29, 0.717) is 13.1 Å². The van der Waals surface area contributed by atoms with Gasteiger partial charge in [0.15, 0.2) is 0 Å². The van der Waals surface area contributed by atoms with E-state index in [0.717, 1.165) is 19.3 Å². The Hall–Kier alpha value is -1.44. The summed E-state index contributed by atoms with van der Waals surface area (Å²) < 4.78 is 22.5. The SMILES string of the molecule is CC1(C)CN(C(=O)[C@H](N)CCS(C)(=O)=O)CCN1Cc1ccccc1. The first kappa shape index (κ1) is 19.9. The van der Waals surface area contributed by atoms with Gasteiger partial charge >= 0.3 is 0 Å². The standard InChI is InChI=1S/C18H29N3O3S/c1-18(2)14-20(17(22)16(19)9-12-25(3,23)24)10-11-21(18)13-15-7-5-4-6-8-15/h4-8,16H,9-14,19H2,1-3H3/t16-/m1/s1. The van der Waals surface area contributed by atoms with Crippen molar-refractivity contribution in [3.8, 4) is 0 Å². The van der Waals surface area contributed by atoms with Gasteiger partial charge in [-0.1, -0.05) is 30.3 Å². The topological polar surface area (TPSA) is 83.7 Å². The van der Waals surface area contributed by atoms with E-state index in [9.17, 15) is 13.2 Å². The number of benzene rings is 1. The van der Waals surface area contributed by atoms with Gasteiger partial charge in [-0.2, -0.15) is 0 Å². The molecule has 0 aromatic heterocycles. The number of sulfone groups is 1. The predicted octanol–water partition coefficient (Wildman–Crippen LogP) is 0.871. The fourth-order valence-electron chi connectivity index (χ4n) is 3.17. The number of carbonyl (C=O) groups excluding carboxylic acids is 1. The van der Waals surface area contributed by atoms with Gasteiger partial charge in [-0.3, -0.25) is 9.69 Å². The maximum Gasteiger partial charge on any atom is 0.239 e. The second-order valence-electron chi connectivity index (χ2n) is 7.50. The highest BCUT2D eigenvalue weighted by Gasteiger charge is 2.36. The number of hydrogen-bond acceptors (Lipinski definition) is 5. The maximum atomic E-state index is 12.6. The predicted molar refractivity (Wildman–Crippen MR) is 99.8 cm³/mol. The molecule has 0 saturated carbocycles. The lowest BCUT2D eigenvalue weighted by molar-refractivity contribution is -0.138. The second kappa shape index (κ2) is 7.85. The second-order valence-corrected chi connectivity index (χ2v) is 9.76. The molecule has 1 fully saturated rings. The molecule has 6 nitrogen and oxygen atoms in total. The van der Waals surface area contributed by atoms with Gasteiger partial charge in [0.1, 0.15) is 9.84 Å². The first-order chi connectivity index (χ1) is 11.6. The molecular formula is C18H29N3O3S. The van der Waals surface area contributed by atoms with E-state index in [-0.39, 0.29) is 23.6 Å². The van der Waals surface area contributed by atoms with Crippen molar-refractivity contribution in [2.45, 2.75) is 38.4 Å². The summed E-state index contributed by atoms with van der Waals surface area (Å²) in [6.07, 6.45) is 1.33. The van der Waals surface area contributed by atoms with Crippen molar-refractivity contribution in [3.05, 3.63) is 35.9 Å². The lowest BCUT2D eigenvalue weighted by Gasteiger charge is -2.47. The van der Waals surface area contributed by atoms with Gasteiger partial charge in [0.25, 0.3) is 0 Å². The Morgan fingerprint density at radius 3 is 2.44 bits per heavy atom. The van der Waals surface area contributed by atoms with Crippen molar-refractivity contribution in [1.82, 2.24) is 9.80 Å². The molecule has 2 N–H and O–H groups in total. The molecule has 7 heteroatoms. The molecule has 0 unspecified atom stereocenters. The Morgan fingerprint density at radius 1 is 1.24 bits per heavy atom. The van der Waals surface area contributed by atoms with Gasteiger partial charge in [0.2, 0.25) is 5.91 Å². The van der Waals surface area contributed by atoms with Crippen molar-refractivity contribution in [1.29, 1.82) is 0 Å². The molecular weight excluding hydrogens is 338 g/mol. The third-order valence-corrected chi connectivity index (χ3v) is 5.70. The first-order valence-corrected chi connectivity index (χ1v) is 10.7. The molecule has 140 valence electrons. The Bertz CT molecular complexity index is 689. The third-order valence-electron chi connectivity index (χ3n) is 4.72. The molecule has 2 rings (SSSR count). The molecule has 1 aliphatic heterocycles. The Balaban J connectivity index is 1.95. The average Bonchev–Trinajstić information content (AvgIpc) is 2.54. The van der Waals surface area contributed by atoms with Crippen molar-refractivity contribution >= 4 is 15.7 Å². The van der Waals surface area contributed by atoms with E-state index in [1.807, 2.05) is 18.2 Å². The number of nitrogens with zero attached hydrogens (tertiary/aromatic N) is 2. The zero-order valence-corrected chi connectivity index (χ0v) is 16.1. The van der Waals surface area contributed by atoms with Gasteiger partial charge in [-0.25, -0.2) is 8.42 Å². The van der Waals surface area contributed by atoms with Crippen molar-refractivity contribution < 1.29 is 13.2 Å². The molecule has 0 bridgehead atoms. The number of rotatable bonds is 6. The van der Waals surface area contributed by atoms with Crippen molar-refractivity contribution in [2.75, 3.05) is 31.6 Å². The van der Waals surface area contributed by atoms with E-state index in [1.165, 1.54) is 5.56 Å². The molecule has 0 spiro atoms. The lowest BCUT2D eigenvalue weighted by Crippen LogP contribution is -2.62. The largest absolute Gasteiger partial charge is 0.338 e. The number of hydrogen-bond donors (Lipinski definition) is 1. The van der Waals surface area contributed by atoms with Crippen LogP contribution in [0.5, 0.6) is 0 Å². The molecule has 1 saturated heterocycles. The number of nitrogens with two attached hydrogens (primary N) is 1. The van der Waals surface area contributed by atoms with Crippen LogP contribution < -0.4 is 5.73 Å². The molecule has 1 aromatic rings. The van der Waals surface area contributed by atoms with Crippen molar-refractivity contribution in [3.63, 3.8) is 0 Å². The molecule has 1 aromatic carbocycles. The summed E-state index contributed by atoms with van der Waals surface area (Å²) in [5.41, 5.74) is 7.02. The van der Waals surface area contributed by atoms with Crippen LogP contribution in [0.2, 0.25) is 0 Å². The van der Waals surface area contributed by atoms with Crippen LogP contribution in [-0.4, -0.2) is 67.3 Å². The average molecular weight is 368 g/mol. The van der Waals surface area contributed by atoms with Crippen molar-refractivity contribution in [2.24, 2.45) is 5.73 Å². The summed E-state index contributed by atoms with van der Waals surface area (Å²) in [6.45, 7) is 7.06. The minimum atomic E-state index is -3.11. The summed E-state index contributed by atoms with van der Waals surface area (Å²) in [4.78, 5) is 16.7. The summed E-state index contributed by atoms with van der Waals surface area (Å²) in [7, 11) is -3.11. The highest BCUT2D eigenvalue weighted by Crippen LogP contribution is 2.23. The first-order valence-electron chi connectivity index (χ1n) is 8.59. The van der Waals surface area contributed by atoms with Gasteiger partial charge in [0, 0.05) is 38.0 Å². The summed E-state index contributed by atoms with van der Waals surface area (Å²) in [5, 5.41) is 0. The third kappa shape index (κ3) is 5.80.